The molecule has 4 N–H and O–H groups in total. The Morgan fingerprint density at radius 2 is 1.57 bits per heavy atom. The van der Waals surface area contributed by atoms with Gasteiger partial charge >= 0.3 is 5.97 Å². The molecular weight excluding hydrogens is 449 g/mol. The molecule has 8 heteroatoms. The van der Waals surface area contributed by atoms with Crippen molar-refractivity contribution in [3.8, 4) is 33.9 Å². The number of carbonyl (C=O) groups is 2. The molecule has 35 heavy (non-hydrogen) atoms. The van der Waals surface area contributed by atoms with E-state index in [1.54, 1.807) is 30.3 Å². The van der Waals surface area contributed by atoms with Gasteiger partial charge in [0.1, 0.15) is 23.0 Å². The number of hydrogen-bond acceptors (Lipinski definition) is 5. The number of nitrogens with two attached hydrogens (primary N) is 1. The highest BCUT2D eigenvalue weighted by Crippen LogP contribution is 2.32. The molecule has 0 bridgehead atoms. The van der Waals surface area contributed by atoms with Gasteiger partial charge in [0.2, 0.25) is 0 Å². The second-order valence-corrected chi connectivity index (χ2v) is 7.69. The van der Waals surface area contributed by atoms with E-state index in [0.717, 1.165) is 16.8 Å². The summed E-state index contributed by atoms with van der Waals surface area (Å²) in [5.74, 6) is -0.853. The number of carboxylic acids is 1. The quantitative estimate of drug-likeness (QED) is 0.304. The average Bonchev–Trinajstić information content (AvgIpc) is 2.86. The predicted molar refractivity (Wildman–Crippen MR) is 131 cm³/mol. The molecule has 0 radical (unpaired) electrons. The molecule has 0 aliphatic carbocycles. The molecule has 176 valence electrons. The summed E-state index contributed by atoms with van der Waals surface area (Å²) >= 11 is 0. The highest BCUT2D eigenvalue weighted by atomic mass is 19.1. The number of rotatable bonds is 9. The first-order chi connectivity index (χ1) is 16.9. The SMILES string of the molecule is NC(=O)c1cc(-c2ccccc2NCCC(=O)O)cc(-c2ccc(Oc3ccc(F)cc3)cc2)n1. The van der Waals surface area contributed by atoms with E-state index in [1.807, 2.05) is 30.3 Å². The lowest BCUT2D eigenvalue weighted by atomic mass is 10.00. The van der Waals surface area contributed by atoms with Gasteiger partial charge in [0, 0.05) is 23.4 Å². The molecule has 0 saturated heterocycles. The second kappa shape index (κ2) is 10.5. The number of halogens is 1. The van der Waals surface area contributed by atoms with Gasteiger partial charge < -0.3 is 20.9 Å². The smallest absolute Gasteiger partial charge is 0.305 e. The summed E-state index contributed by atoms with van der Waals surface area (Å²) in [6.45, 7) is 0.252. The fourth-order valence-electron chi connectivity index (χ4n) is 3.49. The summed E-state index contributed by atoms with van der Waals surface area (Å²) in [5.41, 5.74) is 9.13. The van der Waals surface area contributed by atoms with Crippen LogP contribution >= 0.6 is 0 Å². The van der Waals surface area contributed by atoms with Crippen molar-refractivity contribution in [2.45, 2.75) is 6.42 Å². The standard InChI is InChI=1S/C27H22FN3O4/c28-19-7-11-21(12-8-19)35-20-9-5-17(6-10-20)24-15-18(16-25(31-24)27(29)34)22-3-1-2-4-23(22)30-14-13-26(32)33/h1-12,15-16,30H,13-14H2,(H2,29,34)(H,32,33). The van der Waals surface area contributed by atoms with Crippen molar-refractivity contribution in [2.24, 2.45) is 5.73 Å². The van der Waals surface area contributed by atoms with Gasteiger partial charge in [-0.3, -0.25) is 9.59 Å². The highest BCUT2D eigenvalue weighted by Gasteiger charge is 2.13. The molecule has 1 heterocycles. The number of nitrogens with one attached hydrogen (secondary N) is 1. The van der Waals surface area contributed by atoms with E-state index in [2.05, 4.69) is 10.3 Å². The van der Waals surface area contributed by atoms with Gasteiger partial charge in [-0.05, 0) is 72.3 Å². The van der Waals surface area contributed by atoms with Crippen molar-refractivity contribution in [2.75, 3.05) is 11.9 Å². The Kier molecular flexibility index (Phi) is 7.02. The Morgan fingerprint density at radius 1 is 0.914 bits per heavy atom. The Labute approximate surface area is 201 Å². The highest BCUT2D eigenvalue weighted by molar-refractivity contribution is 5.94. The molecule has 0 saturated carbocycles. The fourth-order valence-corrected chi connectivity index (χ4v) is 3.49. The molecule has 3 aromatic carbocycles. The predicted octanol–water partition coefficient (Wildman–Crippen LogP) is 5.33. The van der Waals surface area contributed by atoms with Crippen molar-refractivity contribution >= 4 is 17.6 Å². The number of para-hydroxylation sites is 1. The van der Waals surface area contributed by atoms with Gasteiger partial charge in [-0.1, -0.05) is 18.2 Å². The van der Waals surface area contributed by atoms with E-state index in [4.69, 9.17) is 15.6 Å². The second-order valence-electron chi connectivity index (χ2n) is 7.69. The van der Waals surface area contributed by atoms with Crippen molar-refractivity contribution in [1.82, 2.24) is 4.98 Å². The number of carbonyl (C=O) groups excluding carboxylic acids is 1. The number of nitrogens with zero attached hydrogens (tertiary/aromatic N) is 1. The van der Waals surface area contributed by atoms with Gasteiger partial charge in [-0.2, -0.15) is 0 Å². The zero-order valence-corrected chi connectivity index (χ0v) is 18.6. The van der Waals surface area contributed by atoms with Crippen LogP contribution in [0.3, 0.4) is 0 Å². The lowest BCUT2D eigenvalue weighted by Gasteiger charge is -2.14. The van der Waals surface area contributed by atoms with Crippen molar-refractivity contribution in [3.05, 3.63) is 96.4 Å². The summed E-state index contributed by atoms with van der Waals surface area (Å²) in [4.78, 5) is 27.3. The molecule has 4 aromatic rings. The Bertz CT molecular complexity index is 1360. The number of benzene rings is 3. The van der Waals surface area contributed by atoms with Crippen LogP contribution in [-0.4, -0.2) is 28.5 Å². The summed E-state index contributed by atoms with van der Waals surface area (Å²) < 4.78 is 18.8. The minimum atomic E-state index is -0.899. The lowest BCUT2D eigenvalue weighted by Crippen LogP contribution is -2.13. The van der Waals surface area contributed by atoms with E-state index in [9.17, 15) is 14.0 Å². The van der Waals surface area contributed by atoms with E-state index in [-0.39, 0.29) is 24.5 Å². The first-order valence-corrected chi connectivity index (χ1v) is 10.8. The van der Waals surface area contributed by atoms with Crippen molar-refractivity contribution in [3.63, 3.8) is 0 Å². The summed E-state index contributed by atoms with van der Waals surface area (Å²) in [6.07, 6.45) is -0.0329. The van der Waals surface area contributed by atoms with Gasteiger partial charge in [-0.15, -0.1) is 0 Å². The topological polar surface area (TPSA) is 115 Å². The maximum Gasteiger partial charge on any atom is 0.305 e. The largest absolute Gasteiger partial charge is 0.481 e. The number of anilines is 1. The van der Waals surface area contributed by atoms with Crippen molar-refractivity contribution in [1.29, 1.82) is 0 Å². The Morgan fingerprint density at radius 3 is 2.23 bits per heavy atom. The van der Waals surface area contributed by atoms with Crippen LogP contribution in [0.4, 0.5) is 10.1 Å². The number of hydrogen-bond donors (Lipinski definition) is 3. The number of pyridine rings is 1. The van der Waals surface area contributed by atoms with Crippen LogP contribution < -0.4 is 15.8 Å². The van der Waals surface area contributed by atoms with Crippen LogP contribution in [0.15, 0.2) is 84.9 Å². The van der Waals surface area contributed by atoms with Gasteiger partial charge in [0.15, 0.2) is 0 Å². The number of primary amides is 1. The average molecular weight is 471 g/mol. The monoisotopic (exact) mass is 471 g/mol. The third-order valence-corrected chi connectivity index (χ3v) is 5.17. The van der Waals surface area contributed by atoms with Crippen molar-refractivity contribution < 1.29 is 23.8 Å². The maximum absolute atomic E-state index is 13.1. The van der Waals surface area contributed by atoms with Crippen LogP contribution in [0, 0.1) is 5.82 Å². The van der Waals surface area contributed by atoms with E-state index in [1.165, 1.54) is 24.3 Å². The van der Waals surface area contributed by atoms with Gasteiger partial charge in [0.25, 0.3) is 5.91 Å². The Balaban J connectivity index is 1.65. The molecule has 4 rings (SSSR count). The third-order valence-electron chi connectivity index (χ3n) is 5.17. The first-order valence-electron chi connectivity index (χ1n) is 10.8. The summed E-state index contributed by atoms with van der Waals surface area (Å²) in [5, 5.41) is 12.1. The number of carboxylic acid groups (broad SMARTS) is 1. The molecule has 0 aliphatic heterocycles. The molecular formula is C27H22FN3O4. The van der Waals surface area contributed by atoms with Crippen LogP contribution in [0.2, 0.25) is 0 Å². The third kappa shape index (κ3) is 6.00. The number of ether oxygens (including phenoxy) is 1. The molecule has 7 nitrogen and oxygen atoms in total. The van der Waals surface area contributed by atoms with Crippen LogP contribution in [0.1, 0.15) is 16.9 Å². The molecule has 1 aromatic heterocycles. The number of aromatic nitrogens is 1. The van der Waals surface area contributed by atoms with E-state index < -0.39 is 11.9 Å². The molecule has 0 aliphatic rings. The zero-order valence-electron chi connectivity index (χ0n) is 18.6. The van der Waals surface area contributed by atoms with Gasteiger partial charge in [0.05, 0.1) is 12.1 Å². The minimum absolute atomic E-state index is 0.0329. The zero-order chi connectivity index (χ0) is 24.8. The van der Waals surface area contributed by atoms with Crippen LogP contribution in [-0.2, 0) is 4.79 Å². The fraction of sp³-hybridized carbons (Fsp3) is 0.0741. The molecule has 1 amide bonds. The summed E-state index contributed by atoms with van der Waals surface area (Å²) in [7, 11) is 0. The number of aliphatic carboxylic acids is 1. The van der Waals surface area contributed by atoms with Crippen LogP contribution in [0.5, 0.6) is 11.5 Å². The number of amides is 1. The normalized spacial score (nSPS) is 10.5. The van der Waals surface area contributed by atoms with Gasteiger partial charge in [-0.25, -0.2) is 9.37 Å². The minimum Gasteiger partial charge on any atom is -0.481 e. The first kappa shape index (κ1) is 23.4. The summed E-state index contributed by atoms with van der Waals surface area (Å²) in [6, 6.07) is 23.6. The molecule has 0 unspecified atom stereocenters. The molecule has 0 spiro atoms. The van der Waals surface area contributed by atoms with E-state index in [0.29, 0.717) is 22.8 Å². The maximum atomic E-state index is 13.1. The van der Waals surface area contributed by atoms with E-state index >= 15 is 0 Å². The molecule has 0 fully saturated rings. The molecule has 0 atom stereocenters. The lowest BCUT2D eigenvalue weighted by molar-refractivity contribution is -0.136. The Hall–Kier alpha value is -4.72. The van der Waals surface area contributed by atoms with Crippen LogP contribution in [0.25, 0.3) is 22.4 Å².